The van der Waals surface area contributed by atoms with E-state index in [1.807, 2.05) is 17.3 Å². The molecule has 2 aliphatic rings. The van der Waals surface area contributed by atoms with Crippen LogP contribution in [0.1, 0.15) is 48.1 Å². The van der Waals surface area contributed by atoms with Crippen molar-refractivity contribution in [3.8, 4) is 11.1 Å². The first-order chi connectivity index (χ1) is 13.1. The Morgan fingerprint density at radius 1 is 1.22 bits per heavy atom. The van der Waals surface area contributed by atoms with Gasteiger partial charge in [-0.25, -0.2) is 4.98 Å². The zero-order chi connectivity index (χ0) is 18.5. The number of H-pyrrole nitrogens is 1. The maximum absolute atomic E-state index is 12.0. The maximum atomic E-state index is 12.0. The summed E-state index contributed by atoms with van der Waals surface area (Å²) in [4.78, 5) is 21.7. The van der Waals surface area contributed by atoms with Gasteiger partial charge in [-0.15, -0.1) is 0 Å². The molecule has 27 heavy (non-hydrogen) atoms. The Labute approximate surface area is 158 Å². The van der Waals surface area contributed by atoms with Gasteiger partial charge in [-0.05, 0) is 72.3 Å². The fraction of sp³-hybridized carbons (Fsp3) is 0.364. The molecule has 0 aliphatic carbocycles. The highest BCUT2D eigenvalue weighted by atomic mass is 16.2. The van der Waals surface area contributed by atoms with Crippen LogP contribution in [0.15, 0.2) is 30.6 Å². The van der Waals surface area contributed by atoms with Crippen LogP contribution in [-0.4, -0.2) is 27.3 Å². The molecular formula is C22H24N4O. The van der Waals surface area contributed by atoms with Gasteiger partial charge in [0.15, 0.2) is 0 Å². The van der Waals surface area contributed by atoms with E-state index >= 15 is 0 Å². The maximum Gasteiger partial charge on any atom is 0.220 e. The molecule has 1 saturated heterocycles. The molecule has 2 N–H and O–H groups in total. The van der Waals surface area contributed by atoms with E-state index in [1.165, 1.54) is 39.6 Å². The quantitative estimate of drug-likeness (QED) is 0.730. The number of amides is 1. The molecule has 3 aromatic rings. The standard InChI is InChI=1S/C22H24N4O/c1-13-9-24-22-18(13)8-16(10-25-22)15-6-17-11-26(14(2)27)12-20(17)19(7-15)21-4-3-5-23-21/h6-10,21,23H,3-5,11-12H2,1-2H3,(H,24,25)/t21-/m0/s1. The number of hydrogen-bond donors (Lipinski definition) is 2. The Balaban J connectivity index is 1.64. The highest BCUT2D eigenvalue weighted by Gasteiger charge is 2.28. The van der Waals surface area contributed by atoms with Gasteiger partial charge in [0.2, 0.25) is 5.91 Å². The van der Waals surface area contributed by atoms with E-state index in [0.717, 1.165) is 30.7 Å². The highest BCUT2D eigenvalue weighted by Crippen LogP contribution is 2.37. The number of hydrogen-bond acceptors (Lipinski definition) is 3. The molecule has 1 amide bonds. The molecule has 0 spiro atoms. The fourth-order valence-corrected chi connectivity index (χ4v) is 4.49. The average molecular weight is 360 g/mol. The summed E-state index contributed by atoms with van der Waals surface area (Å²) in [5.41, 5.74) is 8.43. The molecule has 1 atom stereocenters. The number of aryl methyl sites for hydroxylation is 1. The van der Waals surface area contributed by atoms with Crippen molar-refractivity contribution < 1.29 is 4.79 Å². The normalized spacial score (nSPS) is 19.0. The summed E-state index contributed by atoms with van der Waals surface area (Å²) in [6.07, 6.45) is 6.31. The van der Waals surface area contributed by atoms with E-state index < -0.39 is 0 Å². The van der Waals surface area contributed by atoms with Gasteiger partial charge in [-0.2, -0.15) is 0 Å². The van der Waals surface area contributed by atoms with Gasteiger partial charge in [0.1, 0.15) is 5.65 Å². The molecule has 0 radical (unpaired) electrons. The summed E-state index contributed by atoms with van der Waals surface area (Å²) in [5, 5.41) is 4.80. The number of rotatable bonds is 2. The molecule has 0 bridgehead atoms. The third-order valence-electron chi connectivity index (χ3n) is 6.04. The molecule has 4 heterocycles. The van der Waals surface area contributed by atoms with E-state index in [4.69, 9.17) is 0 Å². The zero-order valence-electron chi connectivity index (χ0n) is 15.8. The first kappa shape index (κ1) is 16.5. The number of nitrogens with zero attached hydrogens (tertiary/aromatic N) is 2. The van der Waals surface area contributed by atoms with Gasteiger partial charge in [-0.3, -0.25) is 4.79 Å². The van der Waals surface area contributed by atoms with Crippen molar-refractivity contribution >= 4 is 16.9 Å². The number of aromatic nitrogens is 2. The largest absolute Gasteiger partial charge is 0.346 e. The van der Waals surface area contributed by atoms with Crippen LogP contribution in [0, 0.1) is 6.92 Å². The van der Waals surface area contributed by atoms with Crippen LogP contribution in [0.3, 0.4) is 0 Å². The second-order valence-corrected chi connectivity index (χ2v) is 7.82. The molecule has 0 saturated carbocycles. The number of nitrogens with one attached hydrogen (secondary N) is 2. The van der Waals surface area contributed by atoms with Crippen molar-refractivity contribution in [1.29, 1.82) is 0 Å². The third kappa shape index (κ3) is 2.73. The number of fused-ring (bicyclic) bond motifs is 2. The molecule has 2 aromatic heterocycles. The molecule has 1 aromatic carbocycles. The second kappa shape index (κ2) is 6.20. The lowest BCUT2D eigenvalue weighted by molar-refractivity contribution is -0.129. The first-order valence-corrected chi connectivity index (χ1v) is 9.69. The van der Waals surface area contributed by atoms with Crippen LogP contribution in [0.5, 0.6) is 0 Å². The lowest BCUT2D eigenvalue weighted by Crippen LogP contribution is -2.22. The zero-order valence-corrected chi connectivity index (χ0v) is 15.8. The Bertz CT molecular complexity index is 1050. The topological polar surface area (TPSA) is 61.0 Å². The van der Waals surface area contributed by atoms with Crippen molar-refractivity contribution in [3.63, 3.8) is 0 Å². The summed E-state index contributed by atoms with van der Waals surface area (Å²) in [6, 6.07) is 7.17. The van der Waals surface area contributed by atoms with Crippen molar-refractivity contribution in [1.82, 2.24) is 20.2 Å². The predicted octanol–water partition coefficient (Wildman–Crippen LogP) is 3.82. The molecule has 0 unspecified atom stereocenters. The van der Waals surface area contributed by atoms with Crippen LogP contribution in [0.2, 0.25) is 0 Å². The summed E-state index contributed by atoms with van der Waals surface area (Å²) >= 11 is 0. The number of benzene rings is 1. The lowest BCUT2D eigenvalue weighted by Gasteiger charge is -2.18. The fourth-order valence-electron chi connectivity index (χ4n) is 4.49. The van der Waals surface area contributed by atoms with Crippen molar-refractivity contribution in [2.75, 3.05) is 6.54 Å². The monoisotopic (exact) mass is 360 g/mol. The highest BCUT2D eigenvalue weighted by molar-refractivity contribution is 5.85. The summed E-state index contributed by atoms with van der Waals surface area (Å²) < 4.78 is 0. The minimum absolute atomic E-state index is 0.143. The Kier molecular flexibility index (Phi) is 3.79. The number of pyridine rings is 1. The Hall–Kier alpha value is -2.66. The average Bonchev–Trinajstić information content (AvgIpc) is 3.40. The van der Waals surface area contributed by atoms with Crippen LogP contribution in [0.4, 0.5) is 0 Å². The Morgan fingerprint density at radius 2 is 2.11 bits per heavy atom. The van der Waals surface area contributed by atoms with E-state index in [1.54, 1.807) is 6.92 Å². The number of carbonyl (C=O) groups is 1. The van der Waals surface area contributed by atoms with E-state index in [0.29, 0.717) is 12.6 Å². The molecule has 5 heteroatoms. The van der Waals surface area contributed by atoms with E-state index in [2.05, 4.69) is 40.4 Å². The third-order valence-corrected chi connectivity index (χ3v) is 6.04. The Morgan fingerprint density at radius 3 is 2.89 bits per heavy atom. The van der Waals surface area contributed by atoms with Gasteiger partial charge >= 0.3 is 0 Å². The molecule has 2 aliphatic heterocycles. The van der Waals surface area contributed by atoms with Crippen molar-refractivity contribution in [3.05, 3.63) is 52.8 Å². The van der Waals surface area contributed by atoms with Gasteiger partial charge in [0.25, 0.3) is 0 Å². The van der Waals surface area contributed by atoms with Crippen LogP contribution >= 0.6 is 0 Å². The van der Waals surface area contributed by atoms with Crippen molar-refractivity contribution in [2.24, 2.45) is 0 Å². The van der Waals surface area contributed by atoms with Crippen LogP contribution in [0.25, 0.3) is 22.2 Å². The van der Waals surface area contributed by atoms with Gasteiger partial charge in [0, 0.05) is 49.4 Å². The molecular weight excluding hydrogens is 336 g/mol. The van der Waals surface area contributed by atoms with E-state index in [9.17, 15) is 4.79 Å². The van der Waals surface area contributed by atoms with Crippen molar-refractivity contribution in [2.45, 2.75) is 45.8 Å². The van der Waals surface area contributed by atoms with Gasteiger partial charge < -0.3 is 15.2 Å². The smallest absolute Gasteiger partial charge is 0.220 e. The van der Waals surface area contributed by atoms with Gasteiger partial charge in [0.05, 0.1) is 0 Å². The lowest BCUT2D eigenvalue weighted by atomic mass is 9.91. The molecule has 138 valence electrons. The number of carbonyl (C=O) groups excluding carboxylic acids is 1. The summed E-state index contributed by atoms with van der Waals surface area (Å²) in [6.45, 7) is 6.26. The molecule has 5 rings (SSSR count). The minimum atomic E-state index is 0.143. The number of aromatic amines is 1. The van der Waals surface area contributed by atoms with Gasteiger partial charge in [-0.1, -0.05) is 0 Å². The molecule has 1 fully saturated rings. The van der Waals surface area contributed by atoms with E-state index in [-0.39, 0.29) is 5.91 Å². The first-order valence-electron chi connectivity index (χ1n) is 9.69. The predicted molar refractivity (Wildman–Crippen MR) is 106 cm³/mol. The van der Waals surface area contributed by atoms with Crippen LogP contribution < -0.4 is 5.32 Å². The summed E-state index contributed by atoms with van der Waals surface area (Å²) in [5.74, 6) is 0.143. The molecule has 5 nitrogen and oxygen atoms in total. The minimum Gasteiger partial charge on any atom is -0.346 e. The summed E-state index contributed by atoms with van der Waals surface area (Å²) in [7, 11) is 0. The van der Waals surface area contributed by atoms with Crippen LogP contribution in [-0.2, 0) is 17.9 Å². The SMILES string of the molecule is CC(=O)N1Cc2cc(-c3cnc4[nH]cc(C)c4c3)cc([C@@H]3CCCN3)c2C1. The second-order valence-electron chi connectivity index (χ2n) is 7.82.